The van der Waals surface area contributed by atoms with Crippen LogP contribution in [0.1, 0.15) is 16.1 Å². The van der Waals surface area contributed by atoms with Crippen molar-refractivity contribution >= 4 is 28.9 Å². The number of non-ortho nitro benzene ring substituents is 1. The summed E-state index contributed by atoms with van der Waals surface area (Å²) in [7, 11) is 0. The highest BCUT2D eigenvalue weighted by Crippen LogP contribution is 2.30. The molecule has 0 bridgehead atoms. The fourth-order valence-corrected chi connectivity index (χ4v) is 3.11. The highest BCUT2D eigenvalue weighted by molar-refractivity contribution is 6.30. The number of nitrogens with zero attached hydrogens (tertiary/aromatic N) is 3. The van der Waals surface area contributed by atoms with E-state index in [-0.39, 0.29) is 29.5 Å². The molecule has 0 fully saturated rings. The molecule has 1 heterocycles. The summed E-state index contributed by atoms with van der Waals surface area (Å²) >= 11 is 5.85. The van der Waals surface area contributed by atoms with E-state index >= 15 is 0 Å². The Kier molecular flexibility index (Phi) is 6.74. The summed E-state index contributed by atoms with van der Waals surface area (Å²) in [6.07, 6.45) is 1.59. The van der Waals surface area contributed by atoms with Gasteiger partial charge in [-0.2, -0.15) is 5.10 Å². The molecule has 4 rings (SSSR count). The molecule has 3 aromatic carbocycles. The normalized spacial score (nSPS) is 10.5. The molecule has 1 amide bonds. The second-order valence-corrected chi connectivity index (χ2v) is 7.75. The maximum Gasteiger partial charge on any atom is 0.276 e. The van der Waals surface area contributed by atoms with Gasteiger partial charge in [0.25, 0.3) is 11.6 Å². The quantitative estimate of drug-likeness (QED) is 0.252. The number of carbonyl (C=O) groups excluding carboxylic acids is 1. The van der Waals surface area contributed by atoms with Crippen LogP contribution in [0, 0.1) is 17.0 Å². The van der Waals surface area contributed by atoms with Crippen LogP contribution in [0.4, 0.5) is 11.4 Å². The number of amides is 1. The second kappa shape index (κ2) is 10.1. The molecule has 0 aliphatic carbocycles. The van der Waals surface area contributed by atoms with Crippen LogP contribution in [-0.4, -0.2) is 20.6 Å². The molecular weight excluding hydrogens is 460 g/mol. The lowest BCUT2D eigenvalue weighted by Gasteiger charge is -2.09. The van der Waals surface area contributed by atoms with E-state index in [2.05, 4.69) is 10.4 Å². The molecule has 0 saturated heterocycles. The number of benzene rings is 3. The Labute approximate surface area is 199 Å². The molecule has 0 aliphatic rings. The van der Waals surface area contributed by atoms with Crippen molar-refractivity contribution in [3.8, 4) is 17.2 Å². The van der Waals surface area contributed by atoms with Crippen molar-refractivity contribution < 1.29 is 19.2 Å². The lowest BCUT2D eigenvalue weighted by Crippen LogP contribution is -2.14. The fraction of sp³-hybridized carbons (Fsp3) is 0.0833. The molecule has 0 aliphatic heterocycles. The number of aryl methyl sites for hydroxylation is 1. The number of nitro benzene ring substituents is 1. The Balaban J connectivity index is 1.45. The monoisotopic (exact) mass is 478 g/mol. The van der Waals surface area contributed by atoms with Gasteiger partial charge in [0.2, 0.25) is 0 Å². The predicted octanol–water partition coefficient (Wildman–Crippen LogP) is 5.83. The Morgan fingerprint density at radius 3 is 2.44 bits per heavy atom. The Hall–Kier alpha value is -4.37. The van der Waals surface area contributed by atoms with Gasteiger partial charge < -0.3 is 14.8 Å². The first-order chi connectivity index (χ1) is 16.4. The van der Waals surface area contributed by atoms with Gasteiger partial charge in [-0.05, 0) is 49.4 Å². The third-order valence-corrected chi connectivity index (χ3v) is 4.92. The van der Waals surface area contributed by atoms with Gasteiger partial charge >= 0.3 is 0 Å². The minimum Gasteiger partial charge on any atom is -0.471 e. The van der Waals surface area contributed by atoms with Gasteiger partial charge in [0, 0.05) is 23.4 Å². The minimum atomic E-state index is -0.555. The number of aromatic nitrogens is 2. The topological polar surface area (TPSA) is 109 Å². The minimum absolute atomic E-state index is 0.0836. The summed E-state index contributed by atoms with van der Waals surface area (Å²) in [6.45, 7) is 2.02. The molecule has 0 atom stereocenters. The second-order valence-electron chi connectivity index (χ2n) is 7.31. The number of nitro groups is 1. The van der Waals surface area contributed by atoms with E-state index in [1.807, 2.05) is 19.1 Å². The molecule has 0 radical (unpaired) electrons. The zero-order valence-corrected chi connectivity index (χ0v) is 18.7. The van der Waals surface area contributed by atoms with Crippen LogP contribution in [-0.2, 0) is 6.73 Å². The maximum atomic E-state index is 12.7. The molecule has 0 spiro atoms. The van der Waals surface area contributed by atoms with Gasteiger partial charge in [-0.1, -0.05) is 29.3 Å². The summed E-state index contributed by atoms with van der Waals surface area (Å²) in [6, 6.07) is 19.6. The first kappa shape index (κ1) is 22.8. The van der Waals surface area contributed by atoms with Crippen LogP contribution in [0.15, 0.2) is 79.0 Å². The van der Waals surface area contributed by atoms with Gasteiger partial charge in [0.05, 0.1) is 16.7 Å². The number of ether oxygens (including phenoxy) is 2. The number of nitrogens with one attached hydrogen (secondary N) is 1. The van der Waals surface area contributed by atoms with E-state index in [9.17, 15) is 14.9 Å². The van der Waals surface area contributed by atoms with Gasteiger partial charge in [-0.3, -0.25) is 14.9 Å². The highest BCUT2D eigenvalue weighted by atomic mass is 35.5. The smallest absolute Gasteiger partial charge is 0.276 e. The Bertz CT molecular complexity index is 1320. The number of rotatable bonds is 8. The van der Waals surface area contributed by atoms with E-state index in [1.165, 1.54) is 28.9 Å². The van der Waals surface area contributed by atoms with Gasteiger partial charge in [0.15, 0.2) is 12.4 Å². The number of hydrogen-bond acceptors (Lipinski definition) is 6. The van der Waals surface area contributed by atoms with Gasteiger partial charge in [-0.15, -0.1) is 0 Å². The zero-order chi connectivity index (χ0) is 24.1. The summed E-state index contributed by atoms with van der Waals surface area (Å²) in [5, 5.41) is 18.8. The molecule has 1 N–H and O–H groups in total. The number of carbonyl (C=O) groups is 1. The van der Waals surface area contributed by atoms with Crippen molar-refractivity contribution in [1.82, 2.24) is 9.78 Å². The molecule has 9 nitrogen and oxygen atoms in total. The van der Waals surface area contributed by atoms with Crippen molar-refractivity contribution in [3.05, 3.63) is 105 Å². The number of halogens is 1. The summed E-state index contributed by atoms with van der Waals surface area (Å²) < 4.78 is 12.8. The van der Waals surface area contributed by atoms with E-state index in [0.29, 0.717) is 16.5 Å². The SMILES string of the molecule is Cc1ccc(Oc2cc(NC(=O)c3ccn(COc4ccc(Cl)cc4)n3)cc([N+](=O)[O-])c2)cc1. The zero-order valence-electron chi connectivity index (χ0n) is 18.0. The van der Waals surface area contributed by atoms with E-state index < -0.39 is 10.8 Å². The van der Waals surface area contributed by atoms with Crippen LogP contribution >= 0.6 is 11.6 Å². The molecule has 0 unspecified atom stereocenters. The number of anilines is 1. The van der Waals surface area contributed by atoms with Crippen molar-refractivity contribution in [1.29, 1.82) is 0 Å². The summed E-state index contributed by atoms with van der Waals surface area (Å²) in [5.41, 5.74) is 1.15. The van der Waals surface area contributed by atoms with Crippen molar-refractivity contribution in [2.24, 2.45) is 0 Å². The maximum absolute atomic E-state index is 12.7. The summed E-state index contributed by atoms with van der Waals surface area (Å²) in [5.74, 6) is 0.800. The van der Waals surface area contributed by atoms with E-state index in [1.54, 1.807) is 42.6 Å². The molecule has 4 aromatic rings. The first-order valence-corrected chi connectivity index (χ1v) is 10.5. The Morgan fingerprint density at radius 2 is 1.74 bits per heavy atom. The molecule has 10 heteroatoms. The van der Waals surface area contributed by atoms with Gasteiger partial charge in [0.1, 0.15) is 17.2 Å². The van der Waals surface area contributed by atoms with Crippen LogP contribution in [0.2, 0.25) is 5.02 Å². The fourth-order valence-electron chi connectivity index (χ4n) is 2.98. The van der Waals surface area contributed by atoms with Crippen molar-refractivity contribution in [2.75, 3.05) is 5.32 Å². The molecule has 0 saturated carbocycles. The molecule has 172 valence electrons. The highest BCUT2D eigenvalue weighted by Gasteiger charge is 2.15. The average molecular weight is 479 g/mol. The summed E-state index contributed by atoms with van der Waals surface area (Å²) in [4.78, 5) is 23.5. The standard InChI is InChI=1S/C24H19ClN4O5/c1-16-2-6-21(7-3-16)34-22-13-18(12-19(14-22)29(31)32)26-24(30)23-10-11-28(27-23)15-33-20-8-4-17(25)5-9-20/h2-14H,15H2,1H3,(H,26,30). The molecule has 1 aromatic heterocycles. The molecular formula is C24H19ClN4O5. The van der Waals surface area contributed by atoms with Crippen LogP contribution in [0.5, 0.6) is 17.2 Å². The predicted molar refractivity (Wildman–Crippen MR) is 127 cm³/mol. The lowest BCUT2D eigenvalue weighted by molar-refractivity contribution is -0.384. The largest absolute Gasteiger partial charge is 0.471 e. The van der Waals surface area contributed by atoms with E-state index in [4.69, 9.17) is 21.1 Å². The first-order valence-electron chi connectivity index (χ1n) is 10.1. The third-order valence-electron chi connectivity index (χ3n) is 4.67. The van der Waals surface area contributed by atoms with Crippen LogP contribution < -0.4 is 14.8 Å². The van der Waals surface area contributed by atoms with Crippen LogP contribution in [0.3, 0.4) is 0 Å². The van der Waals surface area contributed by atoms with Crippen molar-refractivity contribution in [3.63, 3.8) is 0 Å². The average Bonchev–Trinajstić information content (AvgIpc) is 3.29. The van der Waals surface area contributed by atoms with Gasteiger partial charge in [-0.25, -0.2) is 4.68 Å². The Morgan fingerprint density at radius 1 is 1.03 bits per heavy atom. The lowest BCUT2D eigenvalue weighted by atomic mass is 10.2. The van der Waals surface area contributed by atoms with Crippen molar-refractivity contribution in [2.45, 2.75) is 13.7 Å². The third kappa shape index (κ3) is 5.90. The van der Waals surface area contributed by atoms with Crippen LogP contribution in [0.25, 0.3) is 0 Å². The van der Waals surface area contributed by atoms with E-state index in [0.717, 1.165) is 5.56 Å². The number of hydrogen-bond donors (Lipinski definition) is 1. The molecule has 34 heavy (non-hydrogen) atoms.